The SMILES string of the molecule is CCCN(C)C(=O)N(CCOC)CC(=O)O. The molecule has 0 aromatic carbocycles. The number of aliphatic carboxylic acids is 1. The Morgan fingerprint density at radius 1 is 1.31 bits per heavy atom. The fourth-order valence-corrected chi connectivity index (χ4v) is 1.28. The van der Waals surface area contributed by atoms with Gasteiger partial charge in [0.05, 0.1) is 6.61 Å². The maximum atomic E-state index is 11.8. The Hall–Kier alpha value is -1.30. The van der Waals surface area contributed by atoms with E-state index in [0.717, 1.165) is 6.42 Å². The lowest BCUT2D eigenvalue weighted by Gasteiger charge is -2.26. The van der Waals surface area contributed by atoms with Crippen molar-refractivity contribution in [1.29, 1.82) is 0 Å². The Morgan fingerprint density at radius 3 is 2.38 bits per heavy atom. The van der Waals surface area contributed by atoms with E-state index in [2.05, 4.69) is 0 Å². The maximum absolute atomic E-state index is 11.8. The molecule has 0 saturated carbocycles. The van der Waals surface area contributed by atoms with E-state index in [9.17, 15) is 9.59 Å². The van der Waals surface area contributed by atoms with E-state index in [0.29, 0.717) is 13.2 Å². The number of urea groups is 1. The Balaban J connectivity index is 4.35. The zero-order valence-electron chi connectivity index (χ0n) is 10.1. The summed E-state index contributed by atoms with van der Waals surface area (Å²) in [6.45, 7) is 2.90. The molecule has 0 aliphatic rings. The molecule has 0 unspecified atom stereocenters. The molecule has 0 radical (unpaired) electrons. The van der Waals surface area contributed by atoms with Gasteiger partial charge in [-0.3, -0.25) is 4.79 Å². The normalized spacial score (nSPS) is 9.94. The van der Waals surface area contributed by atoms with Crippen LogP contribution < -0.4 is 0 Å². The number of carbonyl (C=O) groups excluding carboxylic acids is 1. The molecule has 0 aliphatic heterocycles. The van der Waals surface area contributed by atoms with Gasteiger partial charge in [0.15, 0.2) is 0 Å². The molecule has 0 spiro atoms. The standard InChI is InChI=1S/C10H20N2O4/c1-4-5-11(2)10(15)12(6-7-16-3)8-9(13)14/h4-8H2,1-3H3,(H,13,14). The van der Waals surface area contributed by atoms with E-state index in [1.54, 1.807) is 7.05 Å². The van der Waals surface area contributed by atoms with Crippen molar-refractivity contribution in [3.05, 3.63) is 0 Å². The molecule has 0 rings (SSSR count). The van der Waals surface area contributed by atoms with Gasteiger partial charge >= 0.3 is 12.0 Å². The monoisotopic (exact) mass is 232 g/mol. The van der Waals surface area contributed by atoms with Crippen molar-refractivity contribution >= 4 is 12.0 Å². The molecule has 0 aromatic heterocycles. The molecule has 0 aliphatic carbocycles. The minimum absolute atomic E-state index is 0.277. The van der Waals surface area contributed by atoms with E-state index in [4.69, 9.17) is 9.84 Å². The lowest BCUT2D eigenvalue weighted by atomic mass is 10.4. The Morgan fingerprint density at radius 2 is 1.94 bits per heavy atom. The summed E-state index contributed by atoms with van der Waals surface area (Å²) in [5.41, 5.74) is 0. The van der Waals surface area contributed by atoms with Crippen LogP contribution >= 0.6 is 0 Å². The van der Waals surface area contributed by atoms with E-state index in [1.165, 1.54) is 16.9 Å². The van der Waals surface area contributed by atoms with Crippen LogP contribution in [0.5, 0.6) is 0 Å². The molecule has 6 heteroatoms. The van der Waals surface area contributed by atoms with Crippen molar-refractivity contribution in [3.8, 4) is 0 Å². The van der Waals surface area contributed by atoms with Crippen molar-refractivity contribution in [1.82, 2.24) is 9.80 Å². The van der Waals surface area contributed by atoms with Gasteiger partial charge in [-0.2, -0.15) is 0 Å². The van der Waals surface area contributed by atoms with Gasteiger partial charge in [0.1, 0.15) is 6.54 Å². The third-order valence-corrected chi connectivity index (χ3v) is 2.05. The van der Waals surface area contributed by atoms with Crippen LogP contribution in [0.4, 0.5) is 4.79 Å². The van der Waals surface area contributed by atoms with E-state index in [1.807, 2.05) is 6.92 Å². The van der Waals surface area contributed by atoms with Gasteiger partial charge in [-0.15, -0.1) is 0 Å². The van der Waals surface area contributed by atoms with Crippen LogP contribution in [-0.2, 0) is 9.53 Å². The second-order valence-electron chi connectivity index (χ2n) is 3.51. The van der Waals surface area contributed by atoms with Crippen LogP contribution in [0.3, 0.4) is 0 Å². The molecule has 0 bridgehead atoms. The fraction of sp³-hybridized carbons (Fsp3) is 0.800. The van der Waals surface area contributed by atoms with Gasteiger partial charge in [-0.25, -0.2) is 4.79 Å². The maximum Gasteiger partial charge on any atom is 0.323 e. The van der Waals surface area contributed by atoms with Gasteiger partial charge < -0.3 is 19.6 Å². The second-order valence-corrected chi connectivity index (χ2v) is 3.51. The fourth-order valence-electron chi connectivity index (χ4n) is 1.28. The quantitative estimate of drug-likeness (QED) is 0.693. The average Bonchev–Trinajstić information content (AvgIpc) is 2.23. The summed E-state index contributed by atoms with van der Waals surface area (Å²) < 4.78 is 4.84. The number of ether oxygens (including phenoxy) is 1. The van der Waals surface area contributed by atoms with Crippen molar-refractivity contribution in [2.75, 3.05) is 40.4 Å². The first kappa shape index (κ1) is 14.7. The van der Waals surface area contributed by atoms with Crippen LogP contribution in [0, 0.1) is 0 Å². The summed E-state index contributed by atoms with van der Waals surface area (Å²) in [4.78, 5) is 25.2. The van der Waals surface area contributed by atoms with Gasteiger partial charge in [-0.1, -0.05) is 6.92 Å². The molecule has 0 aromatic rings. The third-order valence-electron chi connectivity index (χ3n) is 2.05. The molecule has 16 heavy (non-hydrogen) atoms. The zero-order chi connectivity index (χ0) is 12.6. The van der Waals surface area contributed by atoms with Gasteiger partial charge in [0, 0.05) is 27.2 Å². The number of amides is 2. The number of methoxy groups -OCH3 is 1. The van der Waals surface area contributed by atoms with Crippen molar-refractivity contribution in [3.63, 3.8) is 0 Å². The van der Waals surface area contributed by atoms with Crippen molar-refractivity contribution in [2.24, 2.45) is 0 Å². The van der Waals surface area contributed by atoms with Crippen LogP contribution in [0.15, 0.2) is 0 Å². The first-order chi connectivity index (χ1) is 7.52. The highest BCUT2D eigenvalue weighted by Gasteiger charge is 2.19. The minimum Gasteiger partial charge on any atom is -0.480 e. The molecule has 0 atom stereocenters. The number of carboxylic acid groups (broad SMARTS) is 1. The number of carboxylic acids is 1. The molecule has 0 fully saturated rings. The molecule has 2 amide bonds. The highest BCUT2D eigenvalue weighted by Crippen LogP contribution is 1.98. The molecule has 0 saturated heterocycles. The number of hydrogen-bond donors (Lipinski definition) is 1. The summed E-state index contributed by atoms with van der Waals surface area (Å²) in [5.74, 6) is -1.02. The topological polar surface area (TPSA) is 70.1 Å². The molecule has 6 nitrogen and oxygen atoms in total. The second kappa shape index (κ2) is 7.92. The first-order valence-electron chi connectivity index (χ1n) is 5.23. The average molecular weight is 232 g/mol. The van der Waals surface area contributed by atoms with Crippen molar-refractivity contribution in [2.45, 2.75) is 13.3 Å². The summed E-state index contributed by atoms with van der Waals surface area (Å²) in [5, 5.41) is 8.69. The van der Waals surface area contributed by atoms with Gasteiger partial charge in [0.25, 0.3) is 0 Å². The number of rotatable bonds is 7. The smallest absolute Gasteiger partial charge is 0.323 e. The highest BCUT2D eigenvalue weighted by atomic mass is 16.5. The van der Waals surface area contributed by atoms with E-state index in [-0.39, 0.29) is 19.1 Å². The van der Waals surface area contributed by atoms with E-state index < -0.39 is 5.97 Å². The summed E-state index contributed by atoms with van der Waals surface area (Å²) >= 11 is 0. The zero-order valence-corrected chi connectivity index (χ0v) is 10.1. The van der Waals surface area contributed by atoms with Crippen LogP contribution in [0.2, 0.25) is 0 Å². The van der Waals surface area contributed by atoms with Crippen molar-refractivity contribution < 1.29 is 19.4 Å². The van der Waals surface area contributed by atoms with Crippen LogP contribution in [0.25, 0.3) is 0 Å². The summed E-state index contributed by atoms with van der Waals surface area (Å²) in [7, 11) is 3.17. The predicted molar refractivity (Wildman–Crippen MR) is 59.4 cm³/mol. The summed E-state index contributed by atoms with van der Waals surface area (Å²) in [6.07, 6.45) is 0.841. The van der Waals surface area contributed by atoms with Crippen LogP contribution in [-0.4, -0.2) is 67.3 Å². The Labute approximate surface area is 95.8 Å². The number of hydrogen-bond acceptors (Lipinski definition) is 3. The minimum atomic E-state index is -1.02. The van der Waals surface area contributed by atoms with Gasteiger partial charge in [-0.05, 0) is 6.42 Å². The third kappa shape index (κ3) is 5.55. The largest absolute Gasteiger partial charge is 0.480 e. The Kier molecular flexibility index (Phi) is 7.28. The van der Waals surface area contributed by atoms with Gasteiger partial charge in [0.2, 0.25) is 0 Å². The predicted octanol–water partition coefficient (Wildman–Crippen LogP) is 0.481. The summed E-state index contributed by atoms with van der Waals surface area (Å²) in [6, 6.07) is -0.277. The van der Waals surface area contributed by atoms with Crippen LogP contribution in [0.1, 0.15) is 13.3 Å². The lowest BCUT2D eigenvalue weighted by Crippen LogP contribution is -2.45. The first-order valence-corrected chi connectivity index (χ1v) is 5.23. The molecule has 1 N–H and O–H groups in total. The molecular formula is C10H20N2O4. The lowest BCUT2D eigenvalue weighted by molar-refractivity contribution is -0.137. The van der Waals surface area contributed by atoms with E-state index >= 15 is 0 Å². The number of carbonyl (C=O) groups is 2. The highest BCUT2D eigenvalue weighted by molar-refractivity contribution is 5.80. The number of nitrogens with zero attached hydrogens (tertiary/aromatic N) is 2. The molecule has 94 valence electrons. The molecular weight excluding hydrogens is 212 g/mol. The molecule has 0 heterocycles. The Bertz CT molecular complexity index is 233.